The van der Waals surface area contributed by atoms with Crippen molar-refractivity contribution in [2.45, 2.75) is 25.6 Å². The summed E-state index contributed by atoms with van der Waals surface area (Å²) in [6.07, 6.45) is 0. The summed E-state index contributed by atoms with van der Waals surface area (Å²) in [6, 6.07) is 7.07. The van der Waals surface area contributed by atoms with Gasteiger partial charge in [-0.05, 0) is 25.1 Å². The lowest BCUT2D eigenvalue weighted by Crippen LogP contribution is -2.20. The van der Waals surface area contributed by atoms with Crippen LogP contribution < -0.4 is 10.6 Å². The average Bonchev–Trinajstić information content (AvgIpc) is 2.29. The lowest BCUT2D eigenvalue weighted by molar-refractivity contribution is -0.119. The summed E-state index contributed by atoms with van der Waals surface area (Å²) in [5.74, 6) is -0.250. The van der Waals surface area contributed by atoms with Crippen molar-refractivity contribution < 1.29 is 9.59 Å². The first-order chi connectivity index (χ1) is 8.40. The van der Waals surface area contributed by atoms with Crippen LogP contribution in [0.25, 0.3) is 0 Å². The molecular formula is C13H17BrN2O2. The first kappa shape index (κ1) is 14.7. The van der Waals surface area contributed by atoms with Crippen molar-refractivity contribution in [1.82, 2.24) is 0 Å². The minimum absolute atomic E-state index is 0.0488. The first-order valence-electron chi connectivity index (χ1n) is 5.76. The third kappa shape index (κ3) is 4.49. The van der Waals surface area contributed by atoms with Crippen LogP contribution >= 0.6 is 15.9 Å². The Bertz CT molecular complexity index is 407. The third-order valence-corrected chi connectivity index (χ3v) is 2.70. The fourth-order valence-electron chi connectivity index (χ4n) is 1.20. The topological polar surface area (TPSA) is 58.2 Å². The molecule has 2 N–H and O–H groups in total. The number of amides is 2. The van der Waals surface area contributed by atoms with Crippen LogP contribution in [0.3, 0.4) is 0 Å². The molecule has 5 heteroatoms. The maximum Gasteiger partial charge on any atom is 0.237 e. The van der Waals surface area contributed by atoms with E-state index in [2.05, 4.69) is 26.6 Å². The van der Waals surface area contributed by atoms with Crippen LogP contribution in [0.5, 0.6) is 0 Å². The van der Waals surface area contributed by atoms with Gasteiger partial charge in [-0.2, -0.15) is 0 Å². The largest absolute Gasteiger partial charge is 0.326 e. The Kier molecular flexibility index (Phi) is 5.34. The maximum absolute atomic E-state index is 11.5. The highest BCUT2D eigenvalue weighted by Crippen LogP contribution is 2.16. The molecule has 1 aromatic carbocycles. The molecule has 0 aliphatic heterocycles. The summed E-state index contributed by atoms with van der Waals surface area (Å²) in [7, 11) is 0. The van der Waals surface area contributed by atoms with Gasteiger partial charge in [-0.15, -0.1) is 0 Å². The molecule has 0 radical (unpaired) electrons. The van der Waals surface area contributed by atoms with E-state index in [4.69, 9.17) is 0 Å². The molecule has 1 rings (SSSR count). The van der Waals surface area contributed by atoms with Gasteiger partial charge in [0.2, 0.25) is 11.8 Å². The fraction of sp³-hybridized carbons (Fsp3) is 0.385. The van der Waals surface area contributed by atoms with Crippen LogP contribution in [0.15, 0.2) is 24.3 Å². The van der Waals surface area contributed by atoms with E-state index in [1.54, 1.807) is 31.2 Å². The zero-order chi connectivity index (χ0) is 13.7. The quantitative estimate of drug-likeness (QED) is 0.840. The SMILES string of the molecule is CC(C)C(=O)Nc1cccc(NC(=O)C(C)Br)c1. The lowest BCUT2D eigenvalue weighted by Gasteiger charge is -2.10. The summed E-state index contributed by atoms with van der Waals surface area (Å²) in [6.45, 7) is 5.40. The van der Waals surface area contributed by atoms with E-state index < -0.39 is 0 Å². The number of carbonyl (C=O) groups is 2. The van der Waals surface area contributed by atoms with Gasteiger partial charge in [0.15, 0.2) is 0 Å². The number of rotatable bonds is 4. The van der Waals surface area contributed by atoms with E-state index in [0.717, 1.165) is 0 Å². The fourth-order valence-corrected chi connectivity index (χ4v) is 1.32. The zero-order valence-corrected chi connectivity index (χ0v) is 12.2. The minimum atomic E-state index is -0.258. The molecule has 0 heterocycles. The van der Waals surface area contributed by atoms with E-state index in [-0.39, 0.29) is 22.6 Å². The molecular weight excluding hydrogens is 296 g/mol. The van der Waals surface area contributed by atoms with E-state index in [9.17, 15) is 9.59 Å². The van der Waals surface area contributed by atoms with Gasteiger partial charge in [-0.25, -0.2) is 0 Å². The molecule has 1 atom stereocenters. The number of benzene rings is 1. The summed E-state index contributed by atoms with van der Waals surface area (Å²) in [4.78, 5) is 22.8. The summed E-state index contributed by atoms with van der Waals surface area (Å²) in [5.41, 5.74) is 1.33. The van der Waals surface area contributed by atoms with Crippen molar-refractivity contribution in [3.8, 4) is 0 Å². The van der Waals surface area contributed by atoms with Gasteiger partial charge >= 0.3 is 0 Å². The Balaban J connectivity index is 2.74. The molecule has 2 amide bonds. The highest BCUT2D eigenvalue weighted by molar-refractivity contribution is 9.10. The standard InChI is InChI=1S/C13H17BrN2O2/c1-8(2)12(17)15-10-5-4-6-11(7-10)16-13(18)9(3)14/h4-9H,1-3H3,(H,15,17)(H,16,18). The second-order valence-electron chi connectivity index (χ2n) is 4.33. The predicted octanol–water partition coefficient (Wildman–Crippen LogP) is 3.00. The van der Waals surface area contributed by atoms with Crippen LogP contribution in [0.2, 0.25) is 0 Å². The molecule has 0 aliphatic carbocycles. The van der Waals surface area contributed by atoms with Gasteiger partial charge < -0.3 is 10.6 Å². The summed E-state index contributed by atoms with van der Waals surface area (Å²) in [5, 5.41) is 5.53. The van der Waals surface area contributed by atoms with Crippen molar-refractivity contribution in [2.75, 3.05) is 10.6 Å². The molecule has 0 aliphatic rings. The molecule has 0 aromatic heterocycles. The van der Waals surface area contributed by atoms with Crippen LogP contribution in [0.4, 0.5) is 11.4 Å². The van der Waals surface area contributed by atoms with Crippen LogP contribution in [0, 0.1) is 5.92 Å². The highest BCUT2D eigenvalue weighted by atomic mass is 79.9. The second kappa shape index (κ2) is 6.54. The number of hydrogen-bond donors (Lipinski definition) is 2. The van der Waals surface area contributed by atoms with Gasteiger partial charge in [0.1, 0.15) is 0 Å². The Morgan fingerprint density at radius 3 is 2.00 bits per heavy atom. The van der Waals surface area contributed by atoms with Crippen molar-refractivity contribution in [1.29, 1.82) is 0 Å². The third-order valence-electron chi connectivity index (χ3n) is 2.28. The molecule has 98 valence electrons. The number of anilines is 2. The summed E-state index contributed by atoms with van der Waals surface area (Å²) < 4.78 is 0. The predicted molar refractivity (Wildman–Crippen MR) is 76.9 cm³/mol. The average molecular weight is 313 g/mol. The van der Waals surface area contributed by atoms with E-state index in [1.165, 1.54) is 0 Å². The van der Waals surface area contributed by atoms with Crippen molar-refractivity contribution in [3.63, 3.8) is 0 Å². The Hall–Kier alpha value is -1.36. The van der Waals surface area contributed by atoms with Gasteiger partial charge in [-0.1, -0.05) is 35.8 Å². The number of nitrogens with one attached hydrogen (secondary N) is 2. The van der Waals surface area contributed by atoms with Crippen molar-refractivity contribution >= 4 is 39.1 Å². The second-order valence-corrected chi connectivity index (χ2v) is 5.70. The maximum atomic E-state index is 11.5. The van der Waals surface area contributed by atoms with Crippen molar-refractivity contribution in [3.05, 3.63) is 24.3 Å². The van der Waals surface area contributed by atoms with Crippen LogP contribution in [0.1, 0.15) is 20.8 Å². The van der Waals surface area contributed by atoms with E-state index in [0.29, 0.717) is 11.4 Å². The smallest absolute Gasteiger partial charge is 0.237 e. The Labute approximate surface area is 115 Å². The number of alkyl halides is 1. The number of carbonyl (C=O) groups excluding carboxylic acids is 2. The summed E-state index contributed by atoms with van der Waals surface area (Å²) >= 11 is 3.19. The Morgan fingerprint density at radius 2 is 1.56 bits per heavy atom. The monoisotopic (exact) mass is 312 g/mol. The van der Waals surface area contributed by atoms with Crippen LogP contribution in [-0.4, -0.2) is 16.6 Å². The number of halogens is 1. The van der Waals surface area contributed by atoms with Gasteiger partial charge in [0.25, 0.3) is 0 Å². The number of hydrogen-bond acceptors (Lipinski definition) is 2. The molecule has 4 nitrogen and oxygen atoms in total. The molecule has 0 spiro atoms. The van der Waals surface area contributed by atoms with Gasteiger partial charge in [0.05, 0.1) is 4.83 Å². The molecule has 0 saturated heterocycles. The van der Waals surface area contributed by atoms with E-state index >= 15 is 0 Å². The van der Waals surface area contributed by atoms with E-state index in [1.807, 2.05) is 13.8 Å². The van der Waals surface area contributed by atoms with Gasteiger partial charge in [0, 0.05) is 17.3 Å². The first-order valence-corrected chi connectivity index (χ1v) is 6.67. The minimum Gasteiger partial charge on any atom is -0.326 e. The zero-order valence-electron chi connectivity index (χ0n) is 10.7. The molecule has 18 heavy (non-hydrogen) atoms. The Morgan fingerprint density at radius 1 is 1.06 bits per heavy atom. The molecule has 1 aromatic rings. The highest BCUT2D eigenvalue weighted by Gasteiger charge is 2.10. The van der Waals surface area contributed by atoms with Crippen molar-refractivity contribution in [2.24, 2.45) is 5.92 Å². The molecule has 0 bridgehead atoms. The van der Waals surface area contributed by atoms with Gasteiger partial charge in [-0.3, -0.25) is 9.59 Å². The lowest BCUT2D eigenvalue weighted by atomic mass is 10.2. The normalized spacial score (nSPS) is 12.1. The molecule has 0 saturated carbocycles. The molecule has 1 unspecified atom stereocenters. The van der Waals surface area contributed by atoms with Crippen LogP contribution in [-0.2, 0) is 9.59 Å². The molecule has 0 fully saturated rings.